The lowest BCUT2D eigenvalue weighted by atomic mass is 10.2. The number of nitrogens with zero attached hydrogens (tertiary/aromatic N) is 2. The van der Waals surface area contributed by atoms with Gasteiger partial charge in [-0.25, -0.2) is 0 Å². The second kappa shape index (κ2) is 6.21. The molecule has 0 radical (unpaired) electrons. The minimum Gasteiger partial charge on any atom is -0.492 e. The van der Waals surface area contributed by atoms with Gasteiger partial charge in [-0.15, -0.1) is 0 Å². The smallest absolute Gasteiger partial charge is 0.234 e. The fourth-order valence-corrected chi connectivity index (χ4v) is 2.32. The highest BCUT2D eigenvalue weighted by atomic mass is 16.5. The molecule has 0 spiro atoms. The van der Waals surface area contributed by atoms with Gasteiger partial charge in [-0.2, -0.15) is 5.26 Å². The van der Waals surface area contributed by atoms with Gasteiger partial charge in [0.1, 0.15) is 12.4 Å². The van der Waals surface area contributed by atoms with Gasteiger partial charge in [-0.05, 0) is 43.7 Å². The molecule has 100 valence electrons. The summed E-state index contributed by atoms with van der Waals surface area (Å²) in [6.07, 6.45) is 1.84. The van der Waals surface area contributed by atoms with Crippen LogP contribution in [0.2, 0.25) is 0 Å². The molecule has 1 aromatic carbocycles. The van der Waals surface area contributed by atoms with Crippen LogP contribution in [0, 0.1) is 11.3 Å². The van der Waals surface area contributed by atoms with Crippen LogP contribution in [-0.4, -0.2) is 36.5 Å². The SMILES string of the molecule is N#Cc1ccc(OCCN2CCCC2C(N)=O)cc1. The van der Waals surface area contributed by atoms with Crippen LogP contribution in [0.15, 0.2) is 24.3 Å². The van der Waals surface area contributed by atoms with Crippen LogP contribution < -0.4 is 10.5 Å². The summed E-state index contributed by atoms with van der Waals surface area (Å²) in [5.41, 5.74) is 5.96. The summed E-state index contributed by atoms with van der Waals surface area (Å²) in [4.78, 5) is 13.3. The summed E-state index contributed by atoms with van der Waals surface area (Å²) in [6.45, 7) is 2.09. The Morgan fingerprint density at radius 1 is 1.47 bits per heavy atom. The van der Waals surface area contributed by atoms with Crippen LogP contribution in [0.3, 0.4) is 0 Å². The van der Waals surface area contributed by atoms with Crippen molar-refractivity contribution in [3.8, 4) is 11.8 Å². The average molecular weight is 259 g/mol. The first kappa shape index (κ1) is 13.4. The van der Waals surface area contributed by atoms with E-state index < -0.39 is 0 Å². The maximum atomic E-state index is 11.2. The zero-order valence-electron chi connectivity index (χ0n) is 10.7. The highest BCUT2D eigenvalue weighted by molar-refractivity contribution is 5.80. The van der Waals surface area contributed by atoms with Crippen LogP contribution in [-0.2, 0) is 4.79 Å². The minimum atomic E-state index is -0.254. The third-order valence-corrected chi connectivity index (χ3v) is 3.32. The fourth-order valence-electron chi connectivity index (χ4n) is 2.32. The summed E-state index contributed by atoms with van der Waals surface area (Å²) in [5.74, 6) is 0.477. The summed E-state index contributed by atoms with van der Waals surface area (Å²) in [7, 11) is 0. The lowest BCUT2D eigenvalue weighted by Crippen LogP contribution is -2.42. The third kappa shape index (κ3) is 3.46. The van der Waals surface area contributed by atoms with E-state index in [0.717, 1.165) is 25.1 Å². The van der Waals surface area contributed by atoms with Crippen LogP contribution in [0.5, 0.6) is 5.75 Å². The summed E-state index contributed by atoms with van der Waals surface area (Å²) >= 11 is 0. The van der Waals surface area contributed by atoms with Gasteiger partial charge in [0, 0.05) is 6.54 Å². The molecule has 1 heterocycles. The number of carbonyl (C=O) groups is 1. The number of rotatable bonds is 5. The van der Waals surface area contributed by atoms with Crippen LogP contribution in [0.25, 0.3) is 0 Å². The van der Waals surface area contributed by atoms with Crippen molar-refractivity contribution in [2.75, 3.05) is 19.7 Å². The van der Waals surface area contributed by atoms with Gasteiger partial charge in [0.2, 0.25) is 5.91 Å². The van der Waals surface area contributed by atoms with Crippen molar-refractivity contribution < 1.29 is 9.53 Å². The molecule has 5 nitrogen and oxygen atoms in total. The van der Waals surface area contributed by atoms with E-state index in [-0.39, 0.29) is 11.9 Å². The van der Waals surface area contributed by atoms with Crippen LogP contribution in [0.4, 0.5) is 0 Å². The largest absolute Gasteiger partial charge is 0.492 e. The van der Waals surface area contributed by atoms with E-state index in [4.69, 9.17) is 15.7 Å². The van der Waals surface area contributed by atoms with Gasteiger partial charge < -0.3 is 10.5 Å². The summed E-state index contributed by atoms with van der Waals surface area (Å²) in [6, 6.07) is 8.89. The summed E-state index contributed by atoms with van der Waals surface area (Å²) < 4.78 is 5.59. The number of primary amides is 1. The molecule has 1 aliphatic rings. The zero-order chi connectivity index (χ0) is 13.7. The third-order valence-electron chi connectivity index (χ3n) is 3.32. The molecule has 0 bridgehead atoms. The quantitative estimate of drug-likeness (QED) is 0.851. The fraction of sp³-hybridized carbons (Fsp3) is 0.429. The van der Waals surface area contributed by atoms with Crippen molar-refractivity contribution in [1.82, 2.24) is 4.90 Å². The molecule has 1 aliphatic heterocycles. The Labute approximate surface area is 112 Å². The first-order valence-corrected chi connectivity index (χ1v) is 6.37. The molecule has 0 aromatic heterocycles. The van der Waals surface area contributed by atoms with E-state index in [9.17, 15) is 4.79 Å². The van der Waals surface area contributed by atoms with Crippen molar-refractivity contribution in [2.24, 2.45) is 5.73 Å². The molecule has 1 saturated heterocycles. The van der Waals surface area contributed by atoms with Crippen LogP contribution in [0.1, 0.15) is 18.4 Å². The standard InChI is InChI=1S/C14H17N3O2/c15-10-11-3-5-12(6-4-11)19-9-8-17-7-1-2-13(17)14(16)18/h3-6,13H,1-2,7-9H2,(H2,16,18). The number of hydrogen-bond acceptors (Lipinski definition) is 4. The number of nitriles is 1. The molecule has 19 heavy (non-hydrogen) atoms. The Morgan fingerprint density at radius 2 is 2.21 bits per heavy atom. The maximum absolute atomic E-state index is 11.2. The lowest BCUT2D eigenvalue weighted by molar-refractivity contribution is -0.122. The monoisotopic (exact) mass is 259 g/mol. The van der Waals surface area contributed by atoms with Gasteiger partial charge >= 0.3 is 0 Å². The number of nitrogens with two attached hydrogens (primary N) is 1. The predicted octanol–water partition coefficient (Wildman–Crippen LogP) is 0.887. The van der Waals surface area contributed by atoms with Gasteiger partial charge in [0.05, 0.1) is 17.7 Å². The Kier molecular flexibility index (Phi) is 4.37. The maximum Gasteiger partial charge on any atom is 0.234 e. The van der Waals surface area contributed by atoms with E-state index in [1.54, 1.807) is 24.3 Å². The molecule has 2 rings (SSSR count). The van der Waals surface area contributed by atoms with Crippen molar-refractivity contribution in [3.63, 3.8) is 0 Å². The van der Waals surface area contributed by atoms with Crippen molar-refractivity contribution in [3.05, 3.63) is 29.8 Å². The Hall–Kier alpha value is -2.06. The minimum absolute atomic E-state index is 0.149. The molecular weight excluding hydrogens is 242 g/mol. The van der Waals surface area contributed by atoms with Crippen molar-refractivity contribution in [2.45, 2.75) is 18.9 Å². The molecular formula is C14H17N3O2. The van der Waals surface area contributed by atoms with Gasteiger partial charge in [0.25, 0.3) is 0 Å². The lowest BCUT2D eigenvalue weighted by Gasteiger charge is -2.21. The van der Waals surface area contributed by atoms with Gasteiger partial charge in [-0.3, -0.25) is 9.69 Å². The second-order valence-electron chi connectivity index (χ2n) is 4.58. The van der Waals surface area contributed by atoms with Crippen molar-refractivity contribution >= 4 is 5.91 Å². The van der Waals surface area contributed by atoms with Gasteiger partial charge in [-0.1, -0.05) is 0 Å². The Balaban J connectivity index is 1.80. The Bertz CT molecular complexity index is 478. The normalized spacial score (nSPS) is 19.0. The van der Waals surface area contributed by atoms with E-state index in [0.29, 0.717) is 18.7 Å². The molecule has 1 fully saturated rings. The van der Waals surface area contributed by atoms with E-state index in [1.165, 1.54) is 0 Å². The highest BCUT2D eigenvalue weighted by Crippen LogP contribution is 2.17. The molecule has 0 aliphatic carbocycles. The number of hydrogen-bond donors (Lipinski definition) is 1. The number of benzene rings is 1. The highest BCUT2D eigenvalue weighted by Gasteiger charge is 2.28. The number of likely N-dealkylation sites (tertiary alicyclic amines) is 1. The molecule has 5 heteroatoms. The van der Waals surface area contributed by atoms with E-state index in [1.807, 2.05) is 0 Å². The first-order valence-electron chi connectivity index (χ1n) is 6.37. The Morgan fingerprint density at radius 3 is 2.84 bits per heavy atom. The molecule has 1 aromatic rings. The second-order valence-corrected chi connectivity index (χ2v) is 4.58. The summed E-state index contributed by atoms with van der Waals surface area (Å²) in [5, 5.41) is 8.69. The average Bonchev–Trinajstić information content (AvgIpc) is 2.88. The van der Waals surface area contributed by atoms with E-state index in [2.05, 4.69) is 11.0 Å². The van der Waals surface area contributed by atoms with Gasteiger partial charge in [0.15, 0.2) is 0 Å². The number of ether oxygens (including phenoxy) is 1. The zero-order valence-corrected chi connectivity index (χ0v) is 10.7. The first-order chi connectivity index (χ1) is 9.20. The molecule has 2 N–H and O–H groups in total. The molecule has 1 unspecified atom stereocenters. The van der Waals surface area contributed by atoms with Crippen molar-refractivity contribution in [1.29, 1.82) is 5.26 Å². The van der Waals surface area contributed by atoms with E-state index >= 15 is 0 Å². The van der Waals surface area contributed by atoms with Crippen LogP contribution >= 0.6 is 0 Å². The topological polar surface area (TPSA) is 79.3 Å². The molecule has 1 amide bonds. The number of amides is 1. The molecule has 0 saturated carbocycles. The number of carbonyl (C=O) groups excluding carboxylic acids is 1. The predicted molar refractivity (Wildman–Crippen MR) is 70.4 cm³/mol. The molecule has 1 atom stereocenters.